The van der Waals surface area contributed by atoms with Crippen LogP contribution in [0, 0.1) is 0 Å². The van der Waals surface area contributed by atoms with Crippen molar-refractivity contribution in [2.75, 3.05) is 13.2 Å². The average Bonchev–Trinajstić information content (AvgIpc) is 2.89. The van der Waals surface area contributed by atoms with Gasteiger partial charge in [0.05, 0.1) is 12.2 Å². The molecule has 2 fully saturated rings. The molecule has 1 aromatic rings. The quantitative estimate of drug-likeness (QED) is 0.915. The minimum Gasteiger partial charge on any atom is -0.349 e. The summed E-state index contributed by atoms with van der Waals surface area (Å²) in [6, 6.07) is 3.50. The molecule has 1 saturated heterocycles. The van der Waals surface area contributed by atoms with Crippen LogP contribution in [0.15, 0.2) is 24.5 Å². The normalized spacial score (nSPS) is 24.7. The summed E-state index contributed by atoms with van der Waals surface area (Å²) >= 11 is 0. The van der Waals surface area contributed by atoms with Gasteiger partial charge in [-0.1, -0.05) is 6.42 Å². The minimum atomic E-state index is -0.373. The molecule has 108 valence electrons. The molecule has 2 aliphatic rings. The van der Waals surface area contributed by atoms with E-state index in [9.17, 15) is 4.79 Å². The maximum atomic E-state index is 11.9. The number of aromatic nitrogens is 1. The highest BCUT2D eigenvalue weighted by Crippen LogP contribution is 2.37. The first-order valence-electron chi connectivity index (χ1n) is 7.27. The Morgan fingerprint density at radius 3 is 3.00 bits per heavy atom. The van der Waals surface area contributed by atoms with Crippen LogP contribution in [0.3, 0.4) is 0 Å². The fourth-order valence-electron chi connectivity index (χ4n) is 2.88. The summed E-state index contributed by atoms with van der Waals surface area (Å²) < 4.78 is 11.9. The fourth-order valence-corrected chi connectivity index (χ4v) is 2.88. The molecule has 1 N–H and O–H groups in total. The first-order chi connectivity index (χ1) is 9.77. The Kier molecular flexibility index (Phi) is 3.98. The van der Waals surface area contributed by atoms with Crippen LogP contribution in [-0.2, 0) is 9.47 Å². The van der Waals surface area contributed by atoms with Gasteiger partial charge >= 0.3 is 0 Å². The van der Waals surface area contributed by atoms with E-state index in [1.165, 1.54) is 6.42 Å². The lowest BCUT2D eigenvalue weighted by Crippen LogP contribution is -2.37. The van der Waals surface area contributed by atoms with E-state index in [0.717, 1.165) is 25.7 Å². The highest BCUT2D eigenvalue weighted by atomic mass is 16.7. The van der Waals surface area contributed by atoms with Crippen LogP contribution >= 0.6 is 0 Å². The van der Waals surface area contributed by atoms with Crippen LogP contribution in [0.25, 0.3) is 0 Å². The topological polar surface area (TPSA) is 60.5 Å². The van der Waals surface area contributed by atoms with E-state index in [1.54, 1.807) is 24.5 Å². The van der Waals surface area contributed by atoms with Gasteiger partial charge in [0.2, 0.25) is 0 Å². The summed E-state index contributed by atoms with van der Waals surface area (Å²) in [5, 5.41) is 2.88. The van der Waals surface area contributed by atoms with Crippen LogP contribution in [0.5, 0.6) is 0 Å². The van der Waals surface area contributed by atoms with Crippen molar-refractivity contribution in [1.82, 2.24) is 10.3 Å². The Bertz CT molecular complexity index is 457. The molecule has 0 radical (unpaired) electrons. The summed E-state index contributed by atoms with van der Waals surface area (Å²) in [5.41, 5.74) is 0.568. The van der Waals surface area contributed by atoms with Crippen LogP contribution in [-0.4, -0.2) is 35.9 Å². The zero-order valence-corrected chi connectivity index (χ0v) is 11.5. The van der Waals surface area contributed by atoms with Crippen molar-refractivity contribution in [3.8, 4) is 0 Å². The first-order valence-corrected chi connectivity index (χ1v) is 7.27. The van der Waals surface area contributed by atoms with Crippen molar-refractivity contribution in [2.45, 2.75) is 44.0 Å². The molecule has 0 bridgehead atoms. The van der Waals surface area contributed by atoms with E-state index in [4.69, 9.17) is 9.47 Å². The molecular weight excluding hydrogens is 256 g/mol. The lowest BCUT2D eigenvalue weighted by Gasteiger charge is -2.31. The number of nitrogens with one attached hydrogen (secondary N) is 1. The number of pyridine rings is 1. The second-order valence-corrected chi connectivity index (χ2v) is 5.47. The predicted molar refractivity (Wildman–Crippen MR) is 73.2 cm³/mol. The molecule has 3 rings (SSSR count). The highest BCUT2D eigenvalue weighted by molar-refractivity contribution is 5.93. The standard InChI is InChI=1S/C15H20N2O3/c18-14(12-5-4-8-16-9-12)17-10-13-11-19-15(20-13)6-2-1-3-7-15/h4-5,8-9,13H,1-3,6-7,10-11H2,(H,17,18)/t13-/m1/s1. The van der Waals surface area contributed by atoms with Crippen molar-refractivity contribution in [2.24, 2.45) is 0 Å². The minimum absolute atomic E-state index is 0.0475. The number of carbonyl (C=O) groups is 1. The summed E-state index contributed by atoms with van der Waals surface area (Å²) in [6.45, 7) is 1.04. The number of nitrogens with zero attached hydrogens (tertiary/aromatic N) is 1. The first kappa shape index (κ1) is 13.5. The number of amides is 1. The Balaban J connectivity index is 1.49. The van der Waals surface area contributed by atoms with E-state index in [0.29, 0.717) is 18.7 Å². The van der Waals surface area contributed by atoms with Gasteiger partial charge in [0.1, 0.15) is 6.10 Å². The summed E-state index contributed by atoms with van der Waals surface area (Å²) in [5.74, 6) is -0.492. The van der Waals surface area contributed by atoms with Crippen LogP contribution in [0.4, 0.5) is 0 Å². The van der Waals surface area contributed by atoms with Crippen LogP contribution in [0.1, 0.15) is 42.5 Å². The fraction of sp³-hybridized carbons (Fsp3) is 0.600. The predicted octanol–water partition coefficient (Wildman–Crippen LogP) is 1.89. The Hall–Kier alpha value is -1.46. The Morgan fingerprint density at radius 2 is 2.25 bits per heavy atom. The molecule has 1 spiro atoms. The molecule has 1 aliphatic carbocycles. The molecule has 1 amide bonds. The van der Waals surface area contributed by atoms with Gasteiger partial charge in [0.25, 0.3) is 5.91 Å². The third-order valence-corrected chi connectivity index (χ3v) is 3.94. The van der Waals surface area contributed by atoms with Gasteiger partial charge in [-0.15, -0.1) is 0 Å². The lowest BCUT2D eigenvalue weighted by atomic mass is 9.94. The summed E-state index contributed by atoms with van der Waals surface area (Å²) in [7, 11) is 0. The smallest absolute Gasteiger partial charge is 0.252 e. The Labute approximate surface area is 118 Å². The number of hydrogen-bond donors (Lipinski definition) is 1. The third-order valence-electron chi connectivity index (χ3n) is 3.94. The van der Waals surface area contributed by atoms with Crippen molar-refractivity contribution in [3.05, 3.63) is 30.1 Å². The number of rotatable bonds is 3. The molecular formula is C15H20N2O3. The van der Waals surface area contributed by atoms with E-state index in [1.807, 2.05) is 0 Å². The largest absolute Gasteiger partial charge is 0.349 e. The van der Waals surface area contributed by atoms with Gasteiger partial charge in [-0.25, -0.2) is 0 Å². The number of hydrogen-bond acceptors (Lipinski definition) is 4. The maximum absolute atomic E-state index is 11.9. The molecule has 5 nitrogen and oxygen atoms in total. The molecule has 5 heteroatoms. The molecule has 1 aliphatic heterocycles. The third kappa shape index (κ3) is 2.99. The lowest BCUT2D eigenvalue weighted by molar-refractivity contribution is -0.186. The van der Waals surface area contributed by atoms with Gasteiger partial charge in [0.15, 0.2) is 5.79 Å². The molecule has 0 unspecified atom stereocenters. The molecule has 1 atom stereocenters. The van der Waals surface area contributed by atoms with E-state index in [-0.39, 0.29) is 17.8 Å². The van der Waals surface area contributed by atoms with E-state index < -0.39 is 0 Å². The second kappa shape index (κ2) is 5.89. The molecule has 1 saturated carbocycles. The van der Waals surface area contributed by atoms with E-state index in [2.05, 4.69) is 10.3 Å². The van der Waals surface area contributed by atoms with Crippen LogP contribution in [0.2, 0.25) is 0 Å². The molecule has 2 heterocycles. The summed E-state index contributed by atoms with van der Waals surface area (Å²) in [4.78, 5) is 15.9. The SMILES string of the molecule is O=C(NC[C@@H]1COC2(CCCCC2)O1)c1cccnc1. The average molecular weight is 276 g/mol. The van der Waals surface area contributed by atoms with Gasteiger partial charge in [-0.05, 0) is 25.0 Å². The van der Waals surface area contributed by atoms with Gasteiger partial charge in [0, 0.05) is 31.8 Å². The van der Waals surface area contributed by atoms with Crippen molar-refractivity contribution in [3.63, 3.8) is 0 Å². The Morgan fingerprint density at radius 1 is 1.40 bits per heavy atom. The number of carbonyl (C=O) groups excluding carboxylic acids is 1. The van der Waals surface area contributed by atoms with Gasteiger partial charge in [-0.3, -0.25) is 9.78 Å². The molecule has 0 aromatic carbocycles. The highest BCUT2D eigenvalue weighted by Gasteiger charge is 2.42. The van der Waals surface area contributed by atoms with Gasteiger partial charge in [-0.2, -0.15) is 0 Å². The zero-order valence-electron chi connectivity index (χ0n) is 11.5. The van der Waals surface area contributed by atoms with Crippen molar-refractivity contribution >= 4 is 5.91 Å². The van der Waals surface area contributed by atoms with Crippen molar-refractivity contribution < 1.29 is 14.3 Å². The second-order valence-electron chi connectivity index (χ2n) is 5.47. The molecule has 20 heavy (non-hydrogen) atoms. The maximum Gasteiger partial charge on any atom is 0.252 e. The zero-order chi connectivity index (χ0) is 13.8. The van der Waals surface area contributed by atoms with Crippen LogP contribution < -0.4 is 5.32 Å². The molecule has 1 aromatic heterocycles. The monoisotopic (exact) mass is 276 g/mol. The summed E-state index contributed by atoms with van der Waals surface area (Å²) in [6.07, 6.45) is 8.69. The number of ether oxygens (including phenoxy) is 2. The van der Waals surface area contributed by atoms with Crippen molar-refractivity contribution in [1.29, 1.82) is 0 Å². The van der Waals surface area contributed by atoms with E-state index >= 15 is 0 Å². The van der Waals surface area contributed by atoms with Gasteiger partial charge < -0.3 is 14.8 Å².